The van der Waals surface area contributed by atoms with Gasteiger partial charge in [0.15, 0.2) is 0 Å². The molecule has 0 aliphatic heterocycles. The molecular formula is C10H15BrN2. The Kier molecular flexibility index (Phi) is 3.72. The third-order valence-corrected chi connectivity index (χ3v) is 3.19. The topological polar surface area (TPSA) is 38.9 Å². The smallest absolute Gasteiger partial charge is 0.0549 e. The highest BCUT2D eigenvalue weighted by Gasteiger charge is 2.06. The Labute approximate surface area is 87.7 Å². The van der Waals surface area contributed by atoms with Gasteiger partial charge in [-0.1, -0.05) is 13.3 Å². The standard InChI is InChI=1S/C10H15BrN2/c1-3-4-5-9-10(11)7(2)8(12)6-13-9/h6H,3-5,12H2,1-2H3. The molecule has 1 aromatic heterocycles. The maximum atomic E-state index is 5.73. The predicted octanol–water partition coefficient (Wildman–Crippen LogP) is 3.08. The first-order valence-corrected chi connectivity index (χ1v) is 5.35. The fourth-order valence-electron chi connectivity index (χ4n) is 1.16. The number of pyridine rings is 1. The van der Waals surface area contributed by atoms with E-state index in [1.807, 2.05) is 6.92 Å². The minimum Gasteiger partial charge on any atom is -0.397 e. The second-order valence-electron chi connectivity index (χ2n) is 3.20. The number of aromatic nitrogens is 1. The number of nitrogen functional groups attached to an aromatic ring is 1. The molecule has 0 saturated carbocycles. The predicted molar refractivity (Wildman–Crippen MR) is 59.7 cm³/mol. The van der Waals surface area contributed by atoms with Crippen LogP contribution >= 0.6 is 15.9 Å². The van der Waals surface area contributed by atoms with Crippen LogP contribution in [0.15, 0.2) is 10.7 Å². The molecule has 0 aliphatic rings. The van der Waals surface area contributed by atoms with E-state index < -0.39 is 0 Å². The van der Waals surface area contributed by atoms with Gasteiger partial charge in [0.25, 0.3) is 0 Å². The van der Waals surface area contributed by atoms with Crippen LogP contribution in [0.25, 0.3) is 0 Å². The van der Waals surface area contributed by atoms with Crippen LogP contribution in [0.2, 0.25) is 0 Å². The Morgan fingerprint density at radius 2 is 2.23 bits per heavy atom. The average Bonchev–Trinajstić information content (AvgIpc) is 2.13. The zero-order chi connectivity index (χ0) is 9.84. The summed E-state index contributed by atoms with van der Waals surface area (Å²) in [6.45, 7) is 4.19. The van der Waals surface area contributed by atoms with E-state index in [2.05, 4.69) is 27.8 Å². The molecule has 3 heteroatoms. The summed E-state index contributed by atoms with van der Waals surface area (Å²) in [5.74, 6) is 0. The van der Waals surface area contributed by atoms with Gasteiger partial charge in [0.1, 0.15) is 0 Å². The highest BCUT2D eigenvalue weighted by Crippen LogP contribution is 2.24. The normalized spacial score (nSPS) is 10.4. The quantitative estimate of drug-likeness (QED) is 0.885. The number of nitrogens with two attached hydrogens (primary N) is 1. The Balaban J connectivity index is 2.90. The van der Waals surface area contributed by atoms with Gasteiger partial charge in [-0.15, -0.1) is 0 Å². The van der Waals surface area contributed by atoms with Crippen LogP contribution in [0, 0.1) is 6.92 Å². The van der Waals surface area contributed by atoms with Crippen LogP contribution in [0.4, 0.5) is 5.69 Å². The molecule has 1 aromatic rings. The first-order chi connectivity index (χ1) is 6.16. The third kappa shape index (κ3) is 2.44. The molecule has 13 heavy (non-hydrogen) atoms. The SMILES string of the molecule is CCCCc1ncc(N)c(C)c1Br. The minimum atomic E-state index is 0.757. The number of unbranched alkanes of at least 4 members (excludes halogenated alkanes) is 1. The number of rotatable bonds is 3. The minimum absolute atomic E-state index is 0.757. The van der Waals surface area contributed by atoms with Gasteiger partial charge in [-0.25, -0.2) is 0 Å². The van der Waals surface area contributed by atoms with Crippen molar-refractivity contribution in [1.82, 2.24) is 4.98 Å². The maximum absolute atomic E-state index is 5.73. The van der Waals surface area contributed by atoms with E-state index in [1.165, 1.54) is 12.8 Å². The summed E-state index contributed by atoms with van der Waals surface area (Å²) >= 11 is 3.52. The molecule has 0 aliphatic carbocycles. The molecular weight excluding hydrogens is 228 g/mol. The molecule has 0 atom stereocenters. The van der Waals surface area contributed by atoms with Crippen molar-refractivity contribution in [2.45, 2.75) is 33.1 Å². The first kappa shape index (κ1) is 10.5. The molecule has 0 amide bonds. The number of hydrogen-bond donors (Lipinski definition) is 1. The van der Waals surface area contributed by atoms with Crippen molar-refractivity contribution >= 4 is 21.6 Å². The van der Waals surface area contributed by atoms with E-state index in [0.717, 1.165) is 27.8 Å². The van der Waals surface area contributed by atoms with Gasteiger partial charge in [0.05, 0.1) is 17.6 Å². The summed E-state index contributed by atoms with van der Waals surface area (Å²) in [5, 5.41) is 0. The van der Waals surface area contributed by atoms with Gasteiger partial charge in [0, 0.05) is 4.47 Å². The van der Waals surface area contributed by atoms with Crippen molar-refractivity contribution in [3.63, 3.8) is 0 Å². The summed E-state index contributed by atoms with van der Waals surface area (Å²) in [7, 11) is 0. The van der Waals surface area contributed by atoms with Crippen LogP contribution < -0.4 is 5.73 Å². The molecule has 0 saturated heterocycles. The second-order valence-corrected chi connectivity index (χ2v) is 4.00. The molecule has 0 aromatic carbocycles. The summed E-state index contributed by atoms with van der Waals surface area (Å²) in [6, 6.07) is 0. The van der Waals surface area contributed by atoms with Gasteiger partial charge in [0.2, 0.25) is 0 Å². The summed E-state index contributed by atoms with van der Waals surface area (Å²) in [6.07, 6.45) is 5.13. The van der Waals surface area contributed by atoms with Crippen molar-refractivity contribution in [3.05, 3.63) is 21.9 Å². The molecule has 2 N–H and O–H groups in total. The second kappa shape index (κ2) is 4.61. The van der Waals surface area contributed by atoms with E-state index in [1.54, 1.807) is 6.20 Å². The van der Waals surface area contributed by atoms with Crippen LogP contribution in [0.3, 0.4) is 0 Å². The number of aryl methyl sites for hydroxylation is 1. The average molecular weight is 243 g/mol. The van der Waals surface area contributed by atoms with Gasteiger partial charge in [-0.05, 0) is 41.3 Å². The number of anilines is 1. The van der Waals surface area contributed by atoms with Gasteiger partial charge < -0.3 is 5.73 Å². The van der Waals surface area contributed by atoms with Gasteiger partial charge >= 0.3 is 0 Å². The lowest BCUT2D eigenvalue weighted by molar-refractivity contribution is 0.772. The molecule has 0 radical (unpaired) electrons. The van der Waals surface area contributed by atoms with Crippen molar-refractivity contribution in [1.29, 1.82) is 0 Å². The zero-order valence-electron chi connectivity index (χ0n) is 8.10. The molecule has 0 bridgehead atoms. The van der Waals surface area contributed by atoms with Crippen molar-refractivity contribution < 1.29 is 0 Å². The van der Waals surface area contributed by atoms with E-state index in [0.29, 0.717) is 0 Å². The molecule has 0 fully saturated rings. The summed E-state index contributed by atoms with van der Waals surface area (Å²) in [5.41, 5.74) is 8.70. The Bertz CT molecular complexity index is 297. The fraction of sp³-hybridized carbons (Fsp3) is 0.500. The first-order valence-electron chi connectivity index (χ1n) is 4.56. The fourth-order valence-corrected chi connectivity index (χ4v) is 1.69. The summed E-state index contributed by atoms with van der Waals surface area (Å²) < 4.78 is 1.07. The molecule has 2 nitrogen and oxygen atoms in total. The van der Waals surface area contributed by atoms with Gasteiger partial charge in [-0.3, -0.25) is 4.98 Å². The van der Waals surface area contributed by atoms with Crippen LogP contribution in [0.1, 0.15) is 31.0 Å². The zero-order valence-corrected chi connectivity index (χ0v) is 9.69. The maximum Gasteiger partial charge on any atom is 0.0549 e. The number of nitrogens with zero attached hydrogens (tertiary/aromatic N) is 1. The van der Waals surface area contributed by atoms with Crippen molar-refractivity contribution in [3.8, 4) is 0 Å². The largest absolute Gasteiger partial charge is 0.397 e. The van der Waals surface area contributed by atoms with E-state index in [-0.39, 0.29) is 0 Å². The Morgan fingerprint density at radius 3 is 2.85 bits per heavy atom. The molecule has 72 valence electrons. The number of hydrogen-bond acceptors (Lipinski definition) is 2. The van der Waals surface area contributed by atoms with E-state index >= 15 is 0 Å². The lowest BCUT2D eigenvalue weighted by Gasteiger charge is -2.07. The van der Waals surface area contributed by atoms with Crippen LogP contribution in [0.5, 0.6) is 0 Å². The third-order valence-electron chi connectivity index (χ3n) is 2.14. The molecule has 0 unspecified atom stereocenters. The monoisotopic (exact) mass is 242 g/mol. The molecule has 1 heterocycles. The Hall–Kier alpha value is -0.570. The van der Waals surface area contributed by atoms with E-state index in [4.69, 9.17) is 5.73 Å². The molecule has 0 spiro atoms. The lowest BCUT2D eigenvalue weighted by Crippen LogP contribution is -1.98. The van der Waals surface area contributed by atoms with Crippen LogP contribution in [-0.4, -0.2) is 4.98 Å². The lowest BCUT2D eigenvalue weighted by atomic mass is 10.1. The van der Waals surface area contributed by atoms with E-state index in [9.17, 15) is 0 Å². The van der Waals surface area contributed by atoms with Crippen molar-refractivity contribution in [2.75, 3.05) is 5.73 Å². The highest BCUT2D eigenvalue weighted by molar-refractivity contribution is 9.10. The Morgan fingerprint density at radius 1 is 1.54 bits per heavy atom. The molecule has 1 rings (SSSR count). The number of halogens is 1. The highest BCUT2D eigenvalue weighted by atomic mass is 79.9. The summed E-state index contributed by atoms with van der Waals surface area (Å²) in [4.78, 5) is 4.30. The van der Waals surface area contributed by atoms with Crippen LogP contribution in [-0.2, 0) is 6.42 Å². The van der Waals surface area contributed by atoms with Gasteiger partial charge in [-0.2, -0.15) is 0 Å². The van der Waals surface area contributed by atoms with Crippen molar-refractivity contribution in [2.24, 2.45) is 0 Å².